The van der Waals surface area contributed by atoms with Crippen molar-refractivity contribution >= 4 is 5.69 Å². The van der Waals surface area contributed by atoms with Crippen molar-refractivity contribution in [3.63, 3.8) is 0 Å². The molecule has 66 valence electrons. The molecule has 0 aromatic heterocycles. The number of rotatable bonds is 2. The topological polar surface area (TPSA) is 47.3 Å². The van der Waals surface area contributed by atoms with Crippen LogP contribution in [0.2, 0.25) is 0 Å². The maximum Gasteiger partial charge on any atom is 0.162 e. The van der Waals surface area contributed by atoms with E-state index >= 15 is 0 Å². The molecular formula is C7H8F2N2O. The average molecular weight is 174 g/mol. The van der Waals surface area contributed by atoms with E-state index in [2.05, 4.69) is 5.43 Å². The lowest BCUT2D eigenvalue weighted by molar-refractivity contribution is 0.408. The van der Waals surface area contributed by atoms with Crippen LogP contribution >= 0.6 is 0 Å². The van der Waals surface area contributed by atoms with Crippen LogP contribution in [0.15, 0.2) is 12.1 Å². The van der Waals surface area contributed by atoms with Gasteiger partial charge in [0.15, 0.2) is 11.6 Å². The fraction of sp³-hybridized carbons (Fsp3) is 0.143. The van der Waals surface area contributed by atoms with Crippen molar-refractivity contribution in [2.24, 2.45) is 5.84 Å². The Kier molecular flexibility index (Phi) is 2.44. The first-order valence-corrected chi connectivity index (χ1v) is 3.18. The molecule has 0 spiro atoms. The molecule has 0 aliphatic carbocycles. The summed E-state index contributed by atoms with van der Waals surface area (Å²) in [6.07, 6.45) is 0. The quantitative estimate of drug-likeness (QED) is 0.524. The van der Waals surface area contributed by atoms with E-state index in [4.69, 9.17) is 10.6 Å². The summed E-state index contributed by atoms with van der Waals surface area (Å²) < 4.78 is 29.8. The Morgan fingerprint density at radius 1 is 1.33 bits per heavy atom. The number of nitrogen functional groups attached to an aromatic ring is 1. The molecular weight excluding hydrogens is 166 g/mol. The predicted molar refractivity (Wildman–Crippen MR) is 40.7 cm³/mol. The number of hydrogen-bond acceptors (Lipinski definition) is 3. The smallest absolute Gasteiger partial charge is 0.162 e. The van der Waals surface area contributed by atoms with Gasteiger partial charge in [-0.25, -0.2) is 8.78 Å². The Labute approximate surface area is 68.1 Å². The summed E-state index contributed by atoms with van der Waals surface area (Å²) in [4.78, 5) is 0. The number of nitrogens with one attached hydrogen (secondary N) is 1. The summed E-state index contributed by atoms with van der Waals surface area (Å²) in [5, 5.41) is 0. The van der Waals surface area contributed by atoms with Crippen LogP contribution in [0.25, 0.3) is 0 Å². The number of nitrogens with two attached hydrogens (primary N) is 1. The first-order valence-electron chi connectivity index (χ1n) is 3.18. The normalized spacial score (nSPS) is 9.67. The molecule has 0 heterocycles. The fourth-order valence-corrected chi connectivity index (χ4v) is 0.810. The molecule has 1 aromatic carbocycles. The molecule has 0 radical (unpaired) electrons. The van der Waals surface area contributed by atoms with E-state index in [1.165, 1.54) is 7.11 Å². The molecule has 3 nitrogen and oxygen atoms in total. The molecule has 5 heteroatoms. The van der Waals surface area contributed by atoms with Crippen molar-refractivity contribution in [2.45, 2.75) is 0 Å². The molecule has 0 atom stereocenters. The van der Waals surface area contributed by atoms with E-state index in [-0.39, 0.29) is 11.4 Å². The number of benzene rings is 1. The summed E-state index contributed by atoms with van der Waals surface area (Å²) in [6.45, 7) is 0. The zero-order valence-electron chi connectivity index (χ0n) is 6.40. The van der Waals surface area contributed by atoms with E-state index in [1.807, 2.05) is 0 Å². The predicted octanol–water partition coefficient (Wildman–Crippen LogP) is 1.26. The zero-order valence-corrected chi connectivity index (χ0v) is 6.40. The van der Waals surface area contributed by atoms with Gasteiger partial charge in [-0.05, 0) is 0 Å². The molecule has 0 fully saturated rings. The summed E-state index contributed by atoms with van der Waals surface area (Å²) >= 11 is 0. The number of anilines is 1. The van der Waals surface area contributed by atoms with Crippen LogP contribution in [0.3, 0.4) is 0 Å². The highest BCUT2D eigenvalue weighted by molar-refractivity contribution is 5.55. The molecule has 3 N–H and O–H groups in total. The fourth-order valence-electron chi connectivity index (χ4n) is 0.810. The third-order valence-electron chi connectivity index (χ3n) is 1.40. The summed E-state index contributed by atoms with van der Waals surface area (Å²) in [6, 6.07) is 1.85. The average Bonchev–Trinajstić information content (AvgIpc) is 2.09. The minimum Gasteiger partial charge on any atom is -0.494 e. The summed E-state index contributed by atoms with van der Waals surface area (Å²) in [7, 11) is 1.34. The minimum atomic E-state index is -0.969. The molecule has 0 bridgehead atoms. The van der Waals surface area contributed by atoms with E-state index in [1.54, 1.807) is 0 Å². The highest BCUT2D eigenvalue weighted by atomic mass is 19.2. The maximum absolute atomic E-state index is 12.6. The number of halogens is 2. The lowest BCUT2D eigenvalue weighted by atomic mass is 10.3. The standard InChI is InChI=1S/C7H8F2N2O/c1-12-7-3-5(9)4(8)2-6(7)11-10/h2-3,11H,10H2,1H3. The molecule has 1 rings (SSSR count). The Hall–Kier alpha value is -1.36. The van der Waals surface area contributed by atoms with E-state index in [0.717, 1.165) is 12.1 Å². The van der Waals surface area contributed by atoms with Crippen molar-refractivity contribution in [1.82, 2.24) is 0 Å². The Morgan fingerprint density at radius 3 is 2.42 bits per heavy atom. The van der Waals surface area contributed by atoms with Crippen LogP contribution in [-0.4, -0.2) is 7.11 Å². The van der Waals surface area contributed by atoms with Gasteiger partial charge in [0.2, 0.25) is 0 Å². The molecule has 0 unspecified atom stereocenters. The second-order valence-corrected chi connectivity index (χ2v) is 2.11. The Morgan fingerprint density at radius 2 is 1.92 bits per heavy atom. The Balaban J connectivity index is 3.19. The van der Waals surface area contributed by atoms with Gasteiger partial charge < -0.3 is 10.2 Å². The lowest BCUT2D eigenvalue weighted by Gasteiger charge is -2.07. The molecule has 0 saturated carbocycles. The number of hydrogen-bond donors (Lipinski definition) is 2. The summed E-state index contributed by atoms with van der Waals surface area (Å²) in [5.74, 6) is 3.25. The number of methoxy groups -OCH3 is 1. The molecule has 0 aliphatic heterocycles. The molecule has 1 aromatic rings. The van der Waals surface area contributed by atoms with Gasteiger partial charge in [0.05, 0.1) is 12.8 Å². The molecule has 0 aliphatic rings. The maximum atomic E-state index is 12.6. The molecule has 12 heavy (non-hydrogen) atoms. The van der Waals surface area contributed by atoms with Crippen LogP contribution < -0.4 is 16.0 Å². The van der Waals surface area contributed by atoms with Gasteiger partial charge >= 0.3 is 0 Å². The van der Waals surface area contributed by atoms with Gasteiger partial charge in [0.25, 0.3) is 0 Å². The van der Waals surface area contributed by atoms with E-state index in [0.29, 0.717) is 0 Å². The third-order valence-corrected chi connectivity index (χ3v) is 1.40. The second kappa shape index (κ2) is 3.36. The molecule has 0 amide bonds. The highest BCUT2D eigenvalue weighted by Gasteiger charge is 2.08. The number of ether oxygens (including phenoxy) is 1. The SMILES string of the molecule is COc1cc(F)c(F)cc1NN. The van der Waals surface area contributed by atoms with E-state index in [9.17, 15) is 8.78 Å². The van der Waals surface area contributed by atoms with Crippen molar-refractivity contribution in [1.29, 1.82) is 0 Å². The second-order valence-electron chi connectivity index (χ2n) is 2.11. The Bertz CT molecular complexity index is 262. The largest absolute Gasteiger partial charge is 0.494 e. The third kappa shape index (κ3) is 1.45. The first kappa shape index (κ1) is 8.73. The minimum absolute atomic E-state index is 0.163. The van der Waals surface area contributed by atoms with Crippen LogP contribution in [0, 0.1) is 11.6 Å². The van der Waals surface area contributed by atoms with Crippen LogP contribution in [0.1, 0.15) is 0 Å². The van der Waals surface area contributed by atoms with Crippen molar-refractivity contribution in [3.05, 3.63) is 23.8 Å². The van der Waals surface area contributed by atoms with Gasteiger partial charge in [0.1, 0.15) is 5.75 Å². The molecule has 0 saturated heterocycles. The van der Waals surface area contributed by atoms with Crippen molar-refractivity contribution < 1.29 is 13.5 Å². The van der Waals surface area contributed by atoms with Crippen LogP contribution in [-0.2, 0) is 0 Å². The van der Waals surface area contributed by atoms with Crippen LogP contribution in [0.5, 0.6) is 5.75 Å². The summed E-state index contributed by atoms with van der Waals surface area (Å²) in [5.41, 5.74) is 2.39. The van der Waals surface area contributed by atoms with Crippen molar-refractivity contribution in [2.75, 3.05) is 12.5 Å². The van der Waals surface area contributed by atoms with Gasteiger partial charge in [-0.2, -0.15) is 0 Å². The monoisotopic (exact) mass is 174 g/mol. The first-order chi connectivity index (χ1) is 5.69. The van der Waals surface area contributed by atoms with Gasteiger partial charge in [-0.3, -0.25) is 5.84 Å². The van der Waals surface area contributed by atoms with Gasteiger partial charge in [-0.15, -0.1) is 0 Å². The van der Waals surface area contributed by atoms with Crippen LogP contribution in [0.4, 0.5) is 14.5 Å². The highest BCUT2D eigenvalue weighted by Crippen LogP contribution is 2.25. The lowest BCUT2D eigenvalue weighted by Crippen LogP contribution is -2.08. The van der Waals surface area contributed by atoms with Crippen molar-refractivity contribution in [3.8, 4) is 5.75 Å². The van der Waals surface area contributed by atoms with Gasteiger partial charge in [-0.1, -0.05) is 0 Å². The number of hydrazine groups is 1. The van der Waals surface area contributed by atoms with Gasteiger partial charge in [0, 0.05) is 12.1 Å². The zero-order chi connectivity index (χ0) is 9.14. The van der Waals surface area contributed by atoms with E-state index < -0.39 is 11.6 Å².